The van der Waals surface area contributed by atoms with E-state index in [0.717, 1.165) is 44.8 Å². The molecule has 2 aliphatic rings. The first-order valence-corrected chi connectivity index (χ1v) is 12.7. The molecule has 1 heterocycles. The molecule has 31 heavy (non-hydrogen) atoms. The van der Waals surface area contributed by atoms with E-state index in [0.29, 0.717) is 12.2 Å². The summed E-state index contributed by atoms with van der Waals surface area (Å²) in [5.74, 6) is 1.70. The summed E-state index contributed by atoms with van der Waals surface area (Å²) < 4.78 is 31.5. The van der Waals surface area contributed by atoms with Gasteiger partial charge in [0.05, 0.1) is 13.4 Å². The van der Waals surface area contributed by atoms with Gasteiger partial charge in [-0.1, -0.05) is 30.3 Å². The zero-order valence-electron chi connectivity index (χ0n) is 18.7. The third kappa shape index (κ3) is 7.04. The molecule has 2 N–H and O–H groups in total. The van der Waals surface area contributed by atoms with Crippen LogP contribution >= 0.6 is 0 Å². The minimum atomic E-state index is -3.67. The molecular formula is C24H34N2O4S. The van der Waals surface area contributed by atoms with E-state index >= 15 is 0 Å². The lowest BCUT2D eigenvalue weighted by atomic mass is 9.82. The quantitative estimate of drug-likeness (QED) is 0.662. The molecule has 0 radical (unpaired) electrons. The van der Waals surface area contributed by atoms with Gasteiger partial charge in [-0.15, -0.1) is 0 Å². The first kappa shape index (κ1) is 23.7. The van der Waals surface area contributed by atoms with Crippen LogP contribution in [-0.2, 0) is 36.0 Å². The highest BCUT2D eigenvalue weighted by Gasteiger charge is 2.23. The molecule has 0 unspecified atom stereocenters. The van der Waals surface area contributed by atoms with Crippen LogP contribution in [0.15, 0.2) is 36.4 Å². The van der Waals surface area contributed by atoms with Crippen LogP contribution in [0.5, 0.6) is 5.75 Å². The van der Waals surface area contributed by atoms with Gasteiger partial charge in [0.25, 0.3) is 10.1 Å². The molecule has 1 atom stereocenters. The summed E-state index contributed by atoms with van der Waals surface area (Å²) in [5.41, 5.74) is 7.36. The number of likely N-dealkylation sites (N-methyl/N-ethyl adjacent to an activating group) is 1. The van der Waals surface area contributed by atoms with E-state index in [2.05, 4.69) is 53.7 Å². The molecule has 2 aromatic carbocycles. The first-order chi connectivity index (χ1) is 14.7. The van der Waals surface area contributed by atoms with Crippen molar-refractivity contribution in [1.82, 2.24) is 10.2 Å². The summed E-state index contributed by atoms with van der Waals surface area (Å²) in [5, 5.41) is 3.43. The third-order valence-electron chi connectivity index (χ3n) is 6.02. The summed E-state index contributed by atoms with van der Waals surface area (Å²) in [7, 11) is 0.390. The Hall–Kier alpha value is -1.93. The third-order valence-corrected chi connectivity index (χ3v) is 6.02. The maximum absolute atomic E-state index is 9.19. The van der Waals surface area contributed by atoms with Gasteiger partial charge < -0.3 is 15.0 Å². The predicted octanol–water partition coefficient (Wildman–Crippen LogP) is 3.40. The molecule has 6 nitrogen and oxygen atoms in total. The fraction of sp³-hybridized carbons (Fsp3) is 0.500. The Kier molecular flexibility index (Phi) is 8.11. The van der Waals surface area contributed by atoms with Crippen molar-refractivity contribution < 1.29 is 17.7 Å². The maximum atomic E-state index is 9.19. The topological polar surface area (TPSA) is 78.9 Å². The molecule has 4 rings (SSSR count). The molecule has 0 saturated heterocycles. The Morgan fingerprint density at radius 3 is 2.68 bits per heavy atom. The number of nitrogens with one attached hydrogen (secondary N) is 1. The SMILES string of the molecule is COc1cccc2c1CCC[C@H]2CN(C)CCc1ccc2c(c1)CNC2.CS(=O)(=O)O. The van der Waals surface area contributed by atoms with Crippen molar-refractivity contribution in [2.24, 2.45) is 0 Å². The molecule has 170 valence electrons. The summed E-state index contributed by atoms with van der Waals surface area (Å²) in [6.45, 7) is 4.30. The monoisotopic (exact) mass is 446 g/mol. The Morgan fingerprint density at radius 2 is 1.94 bits per heavy atom. The largest absolute Gasteiger partial charge is 0.496 e. The highest BCUT2D eigenvalue weighted by atomic mass is 32.2. The normalized spacial score (nSPS) is 17.5. The first-order valence-electron chi connectivity index (χ1n) is 10.8. The summed E-state index contributed by atoms with van der Waals surface area (Å²) in [6, 6.07) is 13.6. The molecule has 1 aliphatic carbocycles. The van der Waals surface area contributed by atoms with Crippen LogP contribution in [0.1, 0.15) is 46.6 Å². The second-order valence-corrected chi connectivity index (χ2v) is 10.0. The number of hydrogen-bond donors (Lipinski definition) is 2. The average molecular weight is 447 g/mol. The molecular weight excluding hydrogens is 412 g/mol. The number of fused-ring (bicyclic) bond motifs is 2. The number of benzene rings is 2. The Labute approximate surface area is 186 Å². The molecule has 0 spiro atoms. The van der Waals surface area contributed by atoms with Gasteiger partial charge in [-0.3, -0.25) is 4.55 Å². The average Bonchev–Trinajstić information content (AvgIpc) is 3.19. The zero-order valence-corrected chi connectivity index (χ0v) is 19.5. The van der Waals surface area contributed by atoms with Crippen molar-refractivity contribution in [3.8, 4) is 5.75 Å². The van der Waals surface area contributed by atoms with E-state index in [1.807, 2.05) is 0 Å². The molecule has 0 saturated carbocycles. The lowest BCUT2D eigenvalue weighted by Gasteiger charge is -2.30. The van der Waals surface area contributed by atoms with Crippen LogP contribution in [0.4, 0.5) is 0 Å². The lowest BCUT2D eigenvalue weighted by molar-refractivity contribution is 0.299. The van der Waals surface area contributed by atoms with E-state index in [1.165, 1.54) is 40.7 Å². The van der Waals surface area contributed by atoms with Crippen LogP contribution in [-0.4, -0.2) is 51.4 Å². The smallest absolute Gasteiger partial charge is 0.261 e. The van der Waals surface area contributed by atoms with Gasteiger partial charge in [-0.25, -0.2) is 0 Å². The van der Waals surface area contributed by atoms with Gasteiger partial charge >= 0.3 is 0 Å². The zero-order chi connectivity index (χ0) is 22.4. The van der Waals surface area contributed by atoms with Crippen molar-refractivity contribution in [3.63, 3.8) is 0 Å². The van der Waals surface area contributed by atoms with Crippen LogP contribution in [0.3, 0.4) is 0 Å². The van der Waals surface area contributed by atoms with Crippen molar-refractivity contribution in [3.05, 3.63) is 64.2 Å². The van der Waals surface area contributed by atoms with Gasteiger partial charge in [0.15, 0.2) is 0 Å². The minimum absolute atomic E-state index is 0.628. The van der Waals surface area contributed by atoms with Gasteiger partial charge in [-0.05, 0) is 72.5 Å². The lowest BCUT2D eigenvalue weighted by Crippen LogP contribution is -2.28. The van der Waals surface area contributed by atoms with Gasteiger partial charge in [0.2, 0.25) is 0 Å². The Morgan fingerprint density at radius 1 is 1.19 bits per heavy atom. The number of hydrogen-bond acceptors (Lipinski definition) is 5. The second kappa shape index (κ2) is 10.6. The van der Waals surface area contributed by atoms with Crippen LogP contribution in [0.2, 0.25) is 0 Å². The Bertz CT molecular complexity index is 983. The molecule has 0 fully saturated rings. The van der Waals surface area contributed by atoms with Crippen molar-refractivity contribution in [2.45, 2.75) is 44.7 Å². The van der Waals surface area contributed by atoms with E-state index in [1.54, 1.807) is 7.11 Å². The standard InChI is InChI=1S/C23H30N2O.CH4O3S/c1-25(12-11-17-9-10-18-14-24-15-20(18)13-17)16-19-5-3-7-22-21(19)6-4-8-23(22)26-2;1-5(2,3)4/h4,6,8-10,13,19,24H,3,5,7,11-12,14-16H2,1-2H3;1H3,(H,2,3,4)/t19-;/m0./s1. The molecule has 0 amide bonds. The van der Waals surface area contributed by atoms with Crippen LogP contribution < -0.4 is 10.1 Å². The van der Waals surface area contributed by atoms with E-state index in [9.17, 15) is 8.42 Å². The summed E-state index contributed by atoms with van der Waals surface area (Å²) in [6.07, 6.45) is 5.55. The van der Waals surface area contributed by atoms with Crippen LogP contribution in [0, 0.1) is 0 Å². The van der Waals surface area contributed by atoms with Gasteiger partial charge in [0.1, 0.15) is 5.75 Å². The summed E-state index contributed by atoms with van der Waals surface area (Å²) >= 11 is 0. The predicted molar refractivity (Wildman–Crippen MR) is 124 cm³/mol. The minimum Gasteiger partial charge on any atom is -0.496 e. The number of ether oxygens (including phenoxy) is 1. The second-order valence-electron chi connectivity index (χ2n) is 8.57. The highest BCUT2D eigenvalue weighted by molar-refractivity contribution is 7.85. The molecule has 0 bridgehead atoms. The Balaban J connectivity index is 0.000000491. The highest BCUT2D eigenvalue weighted by Crippen LogP contribution is 2.36. The van der Waals surface area contributed by atoms with Gasteiger partial charge in [-0.2, -0.15) is 8.42 Å². The van der Waals surface area contributed by atoms with E-state index in [-0.39, 0.29) is 0 Å². The van der Waals surface area contributed by atoms with Crippen molar-refractivity contribution in [2.75, 3.05) is 33.5 Å². The van der Waals surface area contributed by atoms with Gasteiger partial charge in [0, 0.05) is 26.2 Å². The number of rotatable bonds is 6. The molecule has 2 aromatic rings. The molecule has 7 heteroatoms. The maximum Gasteiger partial charge on any atom is 0.261 e. The number of nitrogens with zero attached hydrogens (tertiary/aromatic N) is 1. The van der Waals surface area contributed by atoms with Crippen molar-refractivity contribution >= 4 is 10.1 Å². The van der Waals surface area contributed by atoms with Crippen molar-refractivity contribution in [1.29, 1.82) is 0 Å². The molecule has 1 aliphatic heterocycles. The number of methoxy groups -OCH3 is 1. The fourth-order valence-corrected chi connectivity index (χ4v) is 4.59. The molecule has 0 aromatic heterocycles. The van der Waals surface area contributed by atoms with E-state index in [4.69, 9.17) is 9.29 Å². The fourth-order valence-electron chi connectivity index (χ4n) is 4.59. The van der Waals surface area contributed by atoms with E-state index < -0.39 is 10.1 Å². The van der Waals surface area contributed by atoms with Crippen LogP contribution in [0.25, 0.3) is 0 Å². The summed E-state index contributed by atoms with van der Waals surface area (Å²) in [4.78, 5) is 2.50.